The van der Waals surface area contributed by atoms with Gasteiger partial charge in [0, 0.05) is 6.42 Å². The number of carbonyl (C=O) groups excluding carboxylic acids is 2. The predicted octanol–water partition coefficient (Wildman–Crippen LogP) is 2.56. The Labute approximate surface area is 167 Å². The van der Waals surface area contributed by atoms with Crippen molar-refractivity contribution in [2.24, 2.45) is 5.73 Å². The quantitative estimate of drug-likeness (QED) is 0.516. The highest BCUT2D eigenvalue weighted by Crippen LogP contribution is 2.19. The summed E-state index contributed by atoms with van der Waals surface area (Å²) in [6.45, 7) is 12.8. The van der Waals surface area contributed by atoms with Crippen LogP contribution >= 0.6 is 0 Å². The van der Waals surface area contributed by atoms with Gasteiger partial charge in [0.25, 0.3) is 0 Å². The lowest BCUT2D eigenvalue weighted by Gasteiger charge is -2.32. The molecule has 0 aliphatic heterocycles. The summed E-state index contributed by atoms with van der Waals surface area (Å²) in [4.78, 5) is 24.8. The molecule has 7 heteroatoms. The topological polar surface area (TPSA) is 99.9 Å². The number of carbonyl (C=O) groups is 2. The van der Waals surface area contributed by atoms with E-state index < -0.39 is 28.8 Å². The van der Waals surface area contributed by atoms with E-state index in [0.29, 0.717) is 6.61 Å². The van der Waals surface area contributed by atoms with E-state index in [9.17, 15) is 9.59 Å². The van der Waals surface area contributed by atoms with Crippen LogP contribution in [0, 0.1) is 0 Å². The van der Waals surface area contributed by atoms with Crippen LogP contribution in [0.25, 0.3) is 0 Å². The van der Waals surface area contributed by atoms with Crippen molar-refractivity contribution in [1.29, 1.82) is 0 Å². The van der Waals surface area contributed by atoms with E-state index in [1.807, 2.05) is 31.2 Å². The van der Waals surface area contributed by atoms with E-state index in [0.717, 1.165) is 11.3 Å². The Kier molecular flexibility index (Phi) is 8.02. The fourth-order valence-electron chi connectivity index (χ4n) is 2.38. The molecule has 1 atom stereocenters. The Bertz CT molecular complexity index is 659. The fraction of sp³-hybridized carbons (Fsp3) is 0.619. The van der Waals surface area contributed by atoms with Crippen molar-refractivity contribution >= 4 is 11.9 Å². The Morgan fingerprint density at radius 3 is 1.96 bits per heavy atom. The second-order valence-electron chi connectivity index (χ2n) is 8.67. The predicted molar refractivity (Wildman–Crippen MR) is 108 cm³/mol. The molecule has 0 aromatic heterocycles. The van der Waals surface area contributed by atoms with Gasteiger partial charge in [0.15, 0.2) is 5.66 Å². The van der Waals surface area contributed by atoms with Crippen LogP contribution in [-0.2, 0) is 25.5 Å². The molecule has 0 aliphatic rings. The second-order valence-corrected chi connectivity index (χ2v) is 8.67. The van der Waals surface area contributed by atoms with Crippen molar-refractivity contribution in [3.8, 4) is 5.75 Å². The van der Waals surface area contributed by atoms with E-state index in [1.165, 1.54) is 0 Å². The van der Waals surface area contributed by atoms with Crippen LogP contribution in [0.4, 0.5) is 0 Å². The molecular formula is C21H34N2O5. The first-order valence-electron chi connectivity index (χ1n) is 9.45. The highest BCUT2D eigenvalue weighted by atomic mass is 16.6. The van der Waals surface area contributed by atoms with Gasteiger partial charge in [0.1, 0.15) is 17.0 Å². The van der Waals surface area contributed by atoms with Crippen LogP contribution in [0.15, 0.2) is 24.3 Å². The molecule has 0 amide bonds. The van der Waals surface area contributed by atoms with E-state index in [4.69, 9.17) is 19.9 Å². The van der Waals surface area contributed by atoms with Gasteiger partial charge in [-0.1, -0.05) is 12.1 Å². The molecule has 0 spiro atoms. The Hall–Kier alpha value is -2.12. The largest absolute Gasteiger partial charge is 0.494 e. The molecule has 7 nitrogen and oxygen atoms in total. The number of nitrogens with one attached hydrogen (secondary N) is 1. The van der Waals surface area contributed by atoms with Crippen molar-refractivity contribution in [3.63, 3.8) is 0 Å². The van der Waals surface area contributed by atoms with Crippen LogP contribution in [0.3, 0.4) is 0 Å². The Morgan fingerprint density at radius 2 is 1.50 bits per heavy atom. The third kappa shape index (κ3) is 8.71. The summed E-state index contributed by atoms with van der Waals surface area (Å²) >= 11 is 0. The average Bonchev–Trinajstić information content (AvgIpc) is 2.52. The lowest BCUT2D eigenvalue weighted by Crippen LogP contribution is -2.64. The van der Waals surface area contributed by atoms with Crippen LogP contribution in [0.1, 0.15) is 54.0 Å². The van der Waals surface area contributed by atoms with Crippen molar-refractivity contribution in [2.45, 2.75) is 71.8 Å². The molecule has 3 N–H and O–H groups in total. The second kappa shape index (κ2) is 9.39. The first-order valence-corrected chi connectivity index (χ1v) is 9.45. The number of nitrogens with two attached hydrogens (primary N) is 1. The molecule has 1 rings (SSSR count). The van der Waals surface area contributed by atoms with Crippen LogP contribution in [0.5, 0.6) is 5.75 Å². The van der Waals surface area contributed by atoms with Crippen molar-refractivity contribution < 1.29 is 23.8 Å². The third-order valence-electron chi connectivity index (χ3n) is 3.45. The van der Waals surface area contributed by atoms with Gasteiger partial charge in [-0.25, -0.2) is 4.79 Å². The zero-order chi connectivity index (χ0) is 21.6. The van der Waals surface area contributed by atoms with Crippen molar-refractivity contribution in [2.75, 3.05) is 13.2 Å². The smallest absolute Gasteiger partial charge is 0.342 e. The maximum absolute atomic E-state index is 12.8. The lowest BCUT2D eigenvalue weighted by molar-refractivity contribution is -0.164. The zero-order valence-electron chi connectivity index (χ0n) is 18.0. The SMILES string of the molecule is CCOc1ccc(C[C@](N)(NCC(=O)OC(C)(C)C)C(=O)OC(C)(C)C)cc1. The van der Waals surface area contributed by atoms with Crippen molar-refractivity contribution in [3.05, 3.63) is 29.8 Å². The van der Waals surface area contributed by atoms with Gasteiger partial charge in [-0.15, -0.1) is 0 Å². The summed E-state index contributed by atoms with van der Waals surface area (Å²) in [5.41, 5.74) is 4.24. The lowest BCUT2D eigenvalue weighted by atomic mass is 9.99. The zero-order valence-corrected chi connectivity index (χ0v) is 18.0. The third-order valence-corrected chi connectivity index (χ3v) is 3.45. The minimum atomic E-state index is -1.59. The Morgan fingerprint density at radius 1 is 0.964 bits per heavy atom. The molecule has 0 bridgehead atoms. The van der Waals surface area contributed by atoms with Gasteiger partial charge in [-0.3, -0.25) is 10.1 Å². The van der Waals surface area contributed by atoms with E-state index in [-0.39, 0.29) is 13.0 Å². The minimum absolute atomic E-state index is 0.136. The molecule has 0 fully saturated rings. The summed E-state index contributed by atoms with van der Waals surface area (Å²) in [5.74, 6) is -0.414. The molecule has 158 valence electrons. The first kappa shape index (κ1) is 23.9. The molecule has 0 unspecified atom stereocenters. The maximum atomic E-state index is 12.8. The molecule has 0 aliphatic carbocycles. The average molecular weight is 395 g/mol. The normalized spacial score (nSPS) is 14.1. The molecule has 0 saturated heterocycles. The van der Waals surface area contributed by atoms with Gasteiger partial charge in [-0.05, 0) is 66.2 Å². The number of esters is 2. The van der Waals surface area contributed by atoms with E-state index in [2.05, 4.69) is 5.32 Å². The minimum Gasteiger partial charge on any atom is -0.494 e. The maximum Gasteiger partial charge on any atom is 0.342 e. The first-order chi connectivity index (χ1) is 12.7. The fourth-order valence-corrected chi connectivity index (χ4v) is 2.38. The number of benzene rings is 1. The van der Waals surface area contributed by atoms with Gasteiger partial charge in [-0.2, -0.15) is 0 Å². The number of ether oxygens (including phenoxy) is 3. The van der Waals surface area contributed by atoms with Crippen molar-refractivity contribution in [1.82, 2.24) is 5.32 Å². The highest BCUT2D eigenvalue weighted by Gasteiger charge is 2.38. The number of hydrogen-bond acceptors (Lipinski definition) is 7. The van der Waals surface area contributed by atoms with Gasteiger partial charge >= 0.3 is 11.9 Å². The van der Waals surface area contributed by atoms with Gasteiger partial charge in [0.05, 0.1) is 13.2 Å². The van der Waals surface area contributed by atoms with Gasteiger partial charge < -0.3 is 19.9 Å². The summed E-state index contributed by atoms with van der Waals surface area (Å²) in [5, 5.41) is 2.83. The molecule has 0 heterocycles. The molecule has 1 aromatic rings. The molecular weight excluding hydrogens is 360 g/mol. The summed E-state index contributed by atoms with van der Waals surface area (Å²) in [6, 6.07) is 7.27. The van der Waals surface area contributed by atoms with Gasteiger partial charge in [0.2, 0.25) is 0 Å². The summed E-state index contributed by atoms with van der Waals surface area (Å²) in [7, 11) is 0. The van der Waals surface area contributed by atoms with Crippen LogP contribution in [0.2, 0.25) is 0 Å². The molecule has 28 heavy (non-hydrogen) atoms. The van der Waals surface area contributed by atoms with E-state index >= 15 is 0 Å². The van der Waals surface area contributed by atoms with E-state index in [1.54, 1.807) is 41.5 Å². The Balaban J connectivity index is 2.96. The highest BCUT2D eigenvalue weighted by molar-refractivity contribution is 5.82. The summed E-state index contributed by atoms with van der Waals surface area (Å²) in [6.07, 6.45) is 0.136. The molecule has 0 saturated carbocycles. The number of hydrogen-bond donors (Lipinski definition) is 2. The van der Waals surface area contributed by atoms with Crippen LogP contribution in [-0.4, -0.2) is 42.0 Å². The number of rotatable bonds is 8. The standard InChI is InChI=1S/C21H34N2O5/c1-8-26-16-11-9-15(10-12-16)13-21(22,18(25)28-20(5,6)7)23-14-17(24)27-19(2,3)4/h9-12,23H,8,13-14,22H2,1-7H3/t21-/m0/s1. The summed E-state index contributed by atoms with van der Waals surface area (Å²) < 4.78 is 16.2. The molecule has 1 aromatic carbocycles. The van der Waals surface area contributed by atoms with Crippen LogP contribution < -0.4 is 15.8 Å². The molecule has 0 radical (unpaired) electrons. The monoisotopic (exact) mass is 394 g/mol.